The van der Waals surface area contributed by atoms with Gasteiger partial charge < -0.3 is 10.6 Å². The summed E-state index contributed by atoms with van der Waals surface area (Å²) in [5.41, 5.74) is -0.617. The third-order valence-corrected chi connectivity index (χ3v) is 4.82. The lowest BCUT2D eigenvalue weighted by Gasteiger charge is -2.33. The highest BCUT2D eigenvalue weighted by Crippen LogP contribution is 2.30. The molecule has 0 radical (unpaired) electrons. The third-order valence-electron chi connectivity index (χ3n) is 4.82. The summed E-state index contributed by atoms with van der Waals surface area (Å²) in [6, 6.07) is 10.4. The highest BCUT2D eigenvalue weighted by Gasteiger charge is 2.30. The van der Waals surface area contributed by atoms with Crippen LogP contribution in [0.25, 0.3) is 0 Å². The van der Waals surface area contributed by atoms with Gasteiger partial charge in [0, 0.05) is 31.9 Å². The molecule has 1 fully saturated rings. The summed E-state index contributed by atoms with van der Waals surface area (Å²) < 4.78 is 51.9. The number of benzene rings is 2. The Kier molecular flexibility index (Phi) is 7.24. The summed E-state index contributed by atoms with van der Waals surface area (Å²) in [5.74, 6) is -1.25. The van der Waals surface area contributed by atoms with E-state index in [1.165, 1.54) is 30.3 Å². The smallest absolute Gasteiger partial charge is 0.325 e. The van der Waals surface area contributed by atoms with Crippen molar-refractivity contribution in [3.8, 4) is 0 Å². The zero-order valence-electron chi connectivity index (χ0n) is 16.6. The first-order valence-electron chi connectivity index (χ1n) is 9.67. The molecule has 0 spiro atoms. The lowest BCUT2D eigenvalue weighted by molar-refractivity contribution is -0.137. The van der Waals surface area contributed by atoms with Gasteiger partial charge in [0.1, 0.15) is 5.82 Å². The van der Waals surface area contributed by atoms with Gasteiger partial charge in [-0.2, -0.15) is 13.2 Å². The quantitative estimate of drug-likeness (QED) is 0.681. The molecule has 0 bridgehead atoms. The lowest BCUT2D eigenvalue weighted by atomic mass is 10.2. The minimum absolute atomic E-state index is 0.0332. The molecule has 166 valence electrons. The third kappa shape index (κ3) is 6.76. The Morgan fingerprint density at radius 3 is 2.00 bits per heavy atom. The van der Waals surface area contributed by atoms with Gasteiger partial charge in [-0.15, -0.1) is 0 Å². The van der Waals surface area contributed by atoms with Gasteiger partial charge in [0.05, 0.1) is 24.3 Å². The number of piperazine rings is 1. The van der Waals surface area contributed by atoms with Crippen LogP contribution in [0.2, 0.25) is 0 Å². The van der Waals surface area contributed by atoms with Crippen molar-refractivity contribution in [2.45, 2.75) is 6.18 Å². The molecular formula is C21H22F4N4O2. The molecule has 0 aromatic heterocycles. The van der Waals surface area contributed by atoms with Crippen LogP contribution in [0.1, 0.15) is 5.56 Å². The first-order chi connectivity index (χ1) is 14.7. The highest BCUT2D eigenvalue weighted by molar-refractivity contribution is 5.93. The molecule has 1 saturated heterocycles. The molecule has 2 N–H and O–H groups in total. The van der Waals surface area contributed by atoms with Crippen molar-refractivity contribution < 1.29 is 27.2 Å². The number of carbonyl (C=O) groups excluding carboxylic acids is 2. The minimum Gasteiger partial charge on any atom is -0.325 e. The summed E-state index contributed by atoms with van der Waals surface area (Å²) >= 11 is 0. The van der Waals surface area contributed by atoms with Crippen LogP contribution in [-0.2, 0) is 15.8 Å². The summed E-state index contributed by atoms with van der Waals surface area (Å²) in [6.07, 6.45) is -4.48. The number of nitrogens with one attached hydrogen (secondary N) is 2. The molecular weight excluding hydrogens is 416 g/mol. The molecule has 1 aliphatic rings. The van der Waals surface area contributed by atoms with Crippen molar-refractivity contribution in [2.75, 3.05) is 49.9 Å². The predicted octanol–water partition coefficient (Wildman–Crippen LogP) is 3.04. The SMILES string of the molecule is O=C(CN1CCN(CC(=O)Nc2ccccc2F)CC1)Nc1cccc(C(F)(F)F)c1. The normalized spacial score (nSPS) is 15.5. The number of hydrogen-bond acceptors (Lipinski definition) is 4. The van der Waals surface area contributed by atoms with E-state index in [-0.39, 0.29) is 30.4 Å². The fourth-order valence-electron chi connectivity index (χ4n) is 3.24. The van der Waals surface area contributed by atoms with Crippen molar-refractivity contribution in [2.24, 2.45) is 0 Å². The molecule has 2 aromatic rings. The number of nitrogens with zero attached hydrogens (tertiary/aromatic N) is 2. The Balaban J connectivity index is 1.42. The van der Waals surface area contributed by atoms with Crippen molar-refractivity contribution >= 4 is 23.2 Å². The molecule has 0 unspecified atom stereocenters. The first-order valence-corrected chi connectivity index (χ1v) is 9.67. The average molecular weight is 438 g/mol. The van der Waals surface area contributed by atoms with Crippen LogP contribution in [0.15, 0.2) is 48.5 Å². The Morgan fingerprint density at radius 2 is 1.42 bits per heavy atom. The van der Waals surface area contributed by atoms with Gasteiger partial charge in [-0.25, -0.2) is 4.39 Å². The zero-order chi connectivity index (χ0) is 22.4. The number of anilines is 2. The second kappa shape index (κ2) is 9.88. The standard InChI is InChI=1S/C21H22F4N4O2/c22-17-6-1-2-7-18(17)27-20(31)14-29-10-8-28(9-11-29)13-19(30)26-16-5-3-4-15(12-16)21(23,24)25/h1-7,12H,8-11,13-14H2,(H,26,30)(H,27,31). The summed E-state index contributed by atoms with van der Waals surface area (Å²) in [5, 5.41) is 5.01. The van der Waals surface area contributed by atoms with Crippen molar-refractivity contribution in [1.29, 1.82) is 0 Å². The average Bonchev–Trinajstić information content (AvgIpc) is 2.71. The number of hydrogen-bond donors (Lipinski definition) is 2. The number of para-hydroxylation sites is 1. The van der Waals surface area contributed by atoms with E-state index in [2.05, 4.69) is 10.6 Å². The first kappa shape index (κ1) is 22.7. The van der Waals surface area contributed by atoms with Gasteiger partial charge in [0.2, 0.25) is 11.8 Å². The summed E-state index contributed by atoms with van der Waals surface area (Å²) in [4.78, 5) is 28.0. The van der Waals surface area contributed by atoms with E-state index in [0.717, 1.165) is 12.1 Å². The van der Waals surface area contributed by atoms with E-state index in [1.807, 2.05) is 9.80 Å². The van der Waals surface area contributed by atoms with Crippen molar-refractivity contribution in [3.05, 3.63) is 59.9 Å². The number of carbonyl (C=O) groups is 2. The number of rotatable bonds is 6. The molecule has 1 heterocycles. The fraction of sp³-hybridized carbons (Fsp3) is 0.333. The Hall–Kier alpha value is -2.98. The van der Waals surface area contributed by atoms with Gasteiger partial charge >= 0.3 is 6.18 Å². The van der Waals surface area contributed by atoms with E-state index in [0.29, 0.717) is 26.2 Å². The van der Waals surface area contributed by atoms with Crippen LogP contribution in [-0.4, -0.2) is 60.9 Å². The zero-order valence-corrected chi connectivity index (χ0v) is 16.6. The van der Waals surface area contributed by atoms with E-state index < -0.39 is 23.5 Å². The maximum absolute atomic E-state index is 13.6. The number of amides is 2. The molecule has 3 rings (SSSR count). The lowest BCUT2D eigenvalue weighted by Crippen LogP contribution is -2.50. The van der Waals surface area contributed by atoms with Gasteiger partial charge in [0.25, 0.3) is 0 Å². The van der Waals surface area contributed by atoms with E-state index in [1.54, 1.807) is 6.07 Å². The predicted molar refractivity (Wildman–Crippen MR) is 108 cm³/mol. The van der Waals surface area contributed by atoms with Gasteiger partial charge in [-0.1, -0.05) is 18.2 Å². The largest absolute Gasteiger partial charge is 0.416 e. The topological polar surface area (TPSA) is 64.7 Å². The second-order valence-electron chi connectivity index (χ2n) is 7.21. The monoisotopic (exact) mass is 438 g/mol. The van der Waals surface area contributed by atoms with E-state index >= 15 is 0 Å². The Labute approximate surface area is 176 Å². The van der Waals surface area contributed by atoms with Crippen molar-refractivity contribution in [1.82, 2.24) is 9.80 Å². The molecule has 1 aliphatic heterocycles. The van der Waals surface area contributed by atoms with Gasteiger partial charge in [-0.3, -0.25) is 19.4 Å². The number of alkyl halides is 3. The van der Waals surface area contributed by atoms with Gasteiger partial charge in [-0.05, 0) is 30.3 Å². The van der Waals surface area contributed by atoms with E-state index in [4.69, 9.17) is 0 Å². The molecule has 10 heteroatoms. The number of halogens is 4. The molecule has 0 atom stereocenters. The fourth-order valence-corrected chi connectivity index (χ4v) is 3.24. The van der Waals surface area contributed by atoms with E-state index in [9.17, 15) is 27.2 Å². The van der Waals surface area contributed by atoms with Crippen LogP contribution in [0.5, 0.6) is 0 Å². The molecule has 6 nitrogen and oxygen atoms in total. The Morgan fingerprint density at radius 1 is 0.839 bits per heavy atom. The van der Waals surface area contributed by atoms with Crippen LogP contribution < -0.4 is 10.6 Å². The van der Waals surface area contributed by atoms with Crippen molar-refractivity contribution in [3.63, 3.8) is 0 Å². The van der Waals surface area contributed by atoms with Crippen LogP contribution >= 0.6 is 0 Å². The van der Waals surface area contributed by atoms with Crippen LogP contribution in [0.3, 0.4) is 0 Å². The Bertz CT molecular complexity index is 928. The summed E-state index contributed by atoms with van der Waals surface area (Å²) in [6.45, 7) is 2.22. The molecule has 0 aliphatic carbocycles. The molecule has 2 amide bonds. The molecule has 0 saturated carbocycles. The minimum atomic E-state index is -4.48. The molecule has 31 heavy (non-hydrogen) atoms. The molecule has 2 aromatic carbocycles. The maximum atomic E-state index is 13.6. The van der Waals surface area contributed by atoms with Crippen LogP contribution in [0, 0.1) is 5.82 Å². The summed E-state index contributed by atoms with van der Waals surface area (Å²) in [7, 11) is 0. The highest BCUT2D eigenvalue weighted by atomic mass is 19.4. The van der Waals surface area contributed by atoms with Gasteiger partial charge in [0.15, 0.2) is 0 Å². The second-order valence-corrected chi connectivity index (χ2v) is 7.21. The van der Waals surface area contributed by atoms with Crippen LogP contribution in [0.4, 0.5) is 28.9 Å². The maximum Gasteiger partial charge on any atom is 0.416 e.